The summed E-state index contributed by atoms with van der Waals surface area (Å²) in [4.78, 5) is 51.2. The van der Waals surface area contributed by atoms with Crippen LogP contribution in [0, 0.1) is 10.1 Å². The Hall–Kier alpha value is -4.97. The van der Waals surface area contributed by atoms with Gasteiger partial charge in [-0.3, -0.25) is 25.2 Å². The molecule has 3 heterocycles. The number of nitrogens with zero attached hydrogens (tertiary/aromatic N) is 4. The number of fused-ring (bicyclic) bond motifs is 1. The van der Waals surface area contributed by atoms with Gasteiger partial charge in [0.15, 0.2) is 11.7 Å². The molecule has 5 rings (SSSR count). The van der Waals surface area contributed by atoms with Gasteiger partial charge in [0.2, 0.25) is 0 Å². The third kappa shape index (κ3) is 4.93. The number of anilines is 1. The molecule has 3 aromatic heterocycles. The SMILES string of the molecule is O=C(COC(=O)c1ccc2nc(-c3cccnc3)[nH]c2c1)Nc1nc(-c2cccc([N+](=O)[O-])c2)cs1. The Bertz CT molecular complexity index is 1600. The molecule has 178 valence electrons. The molecule has 0 atom stereocenters. The summed E-state index contributed by atoms with van der Waals surface area (Å²) in [5, 5.41) is 15.5. The van der Waals surface area contributed by atoms with Crippen molar-refractivity contribution in [1.29, 1.82) is 0 Å². The number of carbonyl (C=O) groups excluding carboxylic acids is 2. The normalized spacial score (nSPS) is 10.8. The first-order valence-corrected chi connectivity index (χ1v) is 11.4. The van der Waals surface area contributed by atoms with E-state index in [0.29, 0.717) is 28.1 Å². The van der Waals surface area contributed by atoms with E-state index in [9.17, 15) is 19.7 Å². The molecule has 5 aromatic rings. The van der Waals surface area contributed by atoms with Gasteiger partial charge in [0.25, 0.3) is 11.6 Å². The van der Waals surface area contributed by atoms with Crippen molar-refractivity contribution < 1.29 is 19.2 Å². The topological polar surface area (TPSA) is 153 Å². The zero-order valence-electron chi connectivity index (χ0n) is 18.4. The fourth-order valence-electron chi connectivity index (χ4n) is 3.39. The van der Waals surface area contributed by atoms with Gasteiger partial charge in [-0.2, -0.15) is 0 Å². The number of amides is 1. The van der Waals surface area contributed by atoms with Crippen LogP contribution in [0.4, 0.5) is 10.8 Å². The van der Waals surface area contributed by atoms with Crippen LogP contribution in [0.1, 0.15) is 10.4 Å². The van der Waals surface area contributed by atoms with Crippen molar-refractivity contribution in [2.45, 2.75) is 0 Å². The van der Waals surface area contributed by atoms with Gasteiger partial charge in [-0.1, -0.05) is 12.1 Å². The van der Waals surface area contributed by atoms with E-state index in [2.05, 4.69) is 25.3 Å². The summed E-state index contributed by atoms with van der Waals surface area (Å²) in [6.45, 7) is -0.507. The molecule has 1 amide bonds. The van der Waals surface area contributed by atoms with Crippen molar-refractivity contribution in [3.05, 3.63) is 88.0 Å². The van der Waals surface area contributed by atoms with E-state index in [1.54, 1.807) is 54.2 Å². The number of H-pyrrole nitrogens is 1. The summed E-state index contributed by atoms with van der Waals surface area (Å²) >= 11 is 1.15. The van der Waals surface area contributed by atoms with Crippen molar-refractivity contribution in [2.75, 3.05) is 11.9 Å². The molecule has 36 heavy (non-hydrogen) atoms. The molecule has 0 aliphatic rings. The second-order valence-corrected chi connectivity index (χ2v) is 8.39. The van der Waals surface area contributed by atoms with Crippen molar-refractivity contribution in [3.8, 4) is 22.6 Å². The minimum atomic E-state index is -0.666. The number of carbonyl (C=O) groups is 2. The van der Waals surface area contributed by atoms with Crippen LogP contribution < -0.4 is 5.32 Å². The summed E-state index contributed by atoms with van der Waals surface area (Å²) in [6, 6.07) is 14.6. The molecule has 2 N–H and O–H groups in total. The number of pyridine rings is 1. The molecule has 2 aromatic carbocycles. The number of nitro benzene ring substituents is 1. The number of ether oxygens (including phenoxy) is 1. The highest BCUT2D eigenvalue weighted by Gasteiger charge is 2.15. The zero-order chi connectivity index (χ0) is 25.1. The van der Waals surface area contributed by atoms with Gasteiger partial charge in [0.05, 0.1) is 27.2 Å². The number of rotatable bonds is 7. The highest BCUT2D eigenvalue weighted by molar-refractivity contribution is 7.14. The van der Waals surface area contributed by atoms with Crippen molar-refractivity contribution in [1.82, 2.24) is 19.9 Å². The number of thiazole rings is 1. The fourth-order valence-corrected chi connectivity index (χ4v) is 4.12. The van der Waals surface area contributed by atoms with Gasteiger partial charge in [0, 0.05) is 41.0 Å². The molecule has 0 radical (unpaired) electrons. The van der Waals surface area contributed by atoms with E-state index in [1.807, 2.05) is 6.07 Å². The highest BCUT2D eigenvalue weighted by Crippen LogP contribution is 2.27. The summed E-state index contributed by atoms with van der Waals surface area (Å²) in [6.07, 6.45) is 3.35. The van der Waals surface area contributed by atoms with E-state index < -0.39 is 23.4 Å². The second kappa shape index (κ2) is 9.72. The smallest absolute Gasteiger partial charge is 0.338 e. The van der Waals surface area contributed by atoms with Gasteiger partial charge < -0.3 is 9.72 Å². The maximum Gasteiger partial charge on any atom is 0.338 e. The van der Waals surface area contributed by atoms with Crippen LogP contribution >= 0.6 is 11.3 Å². The van der Waals surface area contributed by atoms with E-state index >= 15 is 0 Å². The average Bonchev–Trinajstić information content (AvgIpc) is 3.54. The van der Waals surface area contributed by atoms with Crippen LogP contribution in [0.2, 0.25) is 0 Å². The first-order valence-electron chi connectivity index (χ1n) is 10.5. The first-order chi connectivity index (χ1) is 17.5. The second-order valence-electron chi connectivity index (χ2n) is 7.53. The van der Waals surface area contributed by atoms with Crippen LogP contribution in [0.15, 0.2) is 72.4 Å². The lowest BCUT2D eigenvalue weighted by Gasteiger charge is -2.05. The number of aromatic amines is 1. The molecule has 0 spiro atoms. The molecule has 0 aliphatic heterocycles. The molecule has 11 nitrogen and oxygen atoms in total. The number of nitro groups is 1. The number of aromatic nitrogens is 4. The monoisotopic (exact) mass is 500 g/mol. The average molecular weight is 500 g/mol. The summed E-state index contributed by atoms with van der Waals surface area (Å²) in [5.41, 5.74) is 3.36. The first kappa shape index (κ1) is 22.8. The lowest BCUT2D eigenvalue weighted by molar-refractivity contribution is -0.384. The quantitative estimate of drug-likeness (QED) is 0.189. The van der Waals surface area contributed by atoms with Crippen LogP contribution in [0.5, 0.6) is 0 Å². The highest BCUT2D eigenvalue weighted by atomic mass is 32.1. The van der Waals surface area contributed by atoms with E-state index in [1.165, 1.54) is 12.1 Å². The van der Waals surface area contributed by atoms with Crippen LogP contribution in [0.25, 0.3) is 33.7 Å². The number of hydrogen-bond acceptors (Lipinski definition) is 9. The Kier molecular flexibility index (Phi) is 6.16. The van der Waals surface area contributed by atoms with Crippen LogP contribution in [-0.4, -0.2) is 43.3 Å². The van der Waals surface area contributed by atoms with Crippen molar-refractivity contribution in [2.24, 2.45) is 0 Å². The van der Waals surface area contributed by atoms with Gasteiger partial charge in [-0.25, -0.2) is 14.8 Å². The standard InChI is InChI=1S/C24H16N6O5S/c31-21(29-24-28-20(13-36-24)14-3-1-5-17(9-14)30(33)34)12-35-23(32)15-6-7-18-19(10-15)27-22(26-18)16-4-2-8-25-11-16/h1-11,13H,12H2,(H,26,27)(H,28,29,31). The Labute approximate surface area is 207 Å². The van der Waals surface area contributed by atoms with Crippen molar-refractivity contribution >= 4 is 45.1 Å². The lowest BCUT2D eigenvalue weighted by Crippen LogP contribution is -2.20. The molecular weight excluding hydrogens is 484 g/mol. The van der Waals surface area contributed by atoms with Crippen LogP contribution in [-0.2, 0) is 9.53 Å². The third-order valence-corrected chi connectivity index (χ3v) is 5.85. The number of benzene rings is 2. The van der Waals surface area contributed by atoms with E-state index in [-0.39, 0.29) is 16.4 Å². The minimum absolute atomic E-state index is 0.0559. The predicted molar refractivity (Wildman–Crippen MR) is 132 cm³/mol. The van der Waals surface area contributed by atoms with Gasteiger partial charge in [-0.15, -0.1) is 11.3 Å². The number of hydrogen-bond donors (Lipinski definition) is 2. The molecule has 0 saturated carbocycles. The Balaban J connectivity index is 1.20. The summed E-state index contributed by atoms with van der Waals surface area (Å²) in [7, 11) is 0. The van der Waals surface area contributed by atoms with E-state index in [0.717, 1.165) is 16.9 Å². The molecule has 0 aliphatic carbocycles. The third-order valence-electron chi connectivity index (χ3n) is 5.09. The number of imidazole rings is 1. The Morgan fingerprint density at radius 3 is 2.75 bits per heavy atom. The molecule has 0 fully saturated rings. The molecule has 0 unspecified atom stereocenters. The number of esters is 1. The van der Waals surface area contributed by atoms with Gasteiger partial charge >= 0.3 is 5.97 Å². The van der Waals surface area contributed by atoms with E-state index in [4.69, 9.17) is 4.74 Å². The minimum Gasteiger partial charge on any atom is -0.452 e. The zero-order valence-corrected chi connectivity index (χ0v) is 19.2. The molecule has 12 heteroatoms. The van der Waals surface area contributed by atoms with Crippen LogP contribution in [0.3, 0.4) is 0 Å². The maximum atomic E-state index is 12.5. The molecule has 0 saturated heterocycles. The Morgan fingerprint density at radius 2 is 1.94 bits per heavy atom. The lowest BCUT2D eigenvalue weighted by atomic mass is 10.1. The number of non-ortho nitro benzene ring substituents is 1. The predicted octanol–water partition coefficient (Wildman–Crippen LogP) is 4.45. The number of nitrogens with one attached hydrogen (secondary N) is 2. The summed E-state index contributed by atoms with van der Waals surface area (Å²) in [5.74, 6) is -0.610. The molecular formula is C24H16N6O5S. The van der Waals surface area contributed by atoms with Gasteiger partial charge in [-0.05, 0) is 30.3 Å². The molecule has 0 bridgehead atoms. The Morgan fingerprint density at radius 1 is 1.08 bits per heavy atom. The van der Waals surface area contributed by atoms with Crippen molar-refractivity contribution in [3.63, 3.8) is 0 Å². The largest absolute Gasteiger partial charge is 0.452 e. The van der Waals surface area contributed by atoms with Gasteiger partial charge in [0.1, 0.15) is 5.82 Å². The fraction of sp³-hybridized carbons (Fsp3) is 0.0417. The maximum absolute atomic E-state index is 12.5. The summed E-state index contributed by atoms with van der Waals surface area (Å²) < 4.78 is 5.14.